The van der Waals surface area contributed by atoms with Gasteiger partial charge >= 0.3 is 0 Å². The molecule has 7 heteroatoms. The summed E-state index contributed by atoms with van der Waals surface area (Å²) in [7, 11) is -3.59. The summed E-state index contributed by atoms with van der Waals surface area (Å²) in [6.45, 7) is 1.11. The topological polar surface area (TPSA) is 63.2 Å². The van der Waals surface area contributed by atoms with Gasteiger partial charge in [-0.05, 0) is 49.1 Å². The lowest BCUT2D eigenvalue weighted by Gasteiger charge is -2.21. The number of sulfonamides is 1. The van der Waals surface area contributed by atoms with E-state index < -0.39 is 33.4 Å². The Balaban J connectivity index is 1.82. The van der Waals surface area contributed by atoms with Gasteiger partial charge in [0.2, 0.25) is 10.0 Å². The largest absolute Gasteiger partial charge is 0.293 e. The zero-order valence-electron chi connectivity index (χ0n) is 15.7. The van der Waals surface area contributed by atoms with Crippen LogP contribution in [0.3, 0.4) is 0 Å². The first-order valence-electron chi connectivity index (χ1n) is 9.36. The van der Waals surface area contributed by atoms with Crippen molar-refractivity contribution in [3.05, 3.63) is 58.4 Å². The molecular weight excluding hydrogens is 401 g/mol. The Hall–Kier alpha value is -1.76. The van der Waals surface area contributed by atoms with Gasteiger partial charge in [-0.3, -0.25) is 4.79 Å². The summed E-state index contributed by atoms with van der Waals surface area (Å²) in [6, 6.07) is 10.2. The van der Waals surface area contributed by atoms with Crippen LogP contribution in [0, 0.1) is 12.7 Å². The quantitative estimate of drug-likeness (QED) is 0.673. The number of halogens is 2. The molecule has 0 atom stereocenters. The van der Waals surface area contributed by atoms with Crippen molar-refractivity contribution in [1.82, 2.24) is 4.72 Å². The van der Waals surface area contributed by atoms with E-state index in [0.29, 0.717) is 34.6 Å². The average molecular weight is 424 g/mol. The fourth-order valence-electron chi connectivity index (χ4n) is 3.58. The van der Waals surface area contributed by atoms with Crippen LogP contribution in [0.5, 0.6) is 0 Å². The van der Waals surface area contributed by atoms with Crippen molar-refractivity contribution in [3.8, 4) is 11.1 Å². The number of Topliss-reactive ketones (excluding diaryl/α,β-unsaturated/α-hetero) is 1. The number of carbonyl (C=O) groups is 1. The Morgan fingerprint density at radius 1 is 1.18 bits per heavy atom. The normalized spacial score (nSPS) is 15.5. The first kappa shape index (κ1) is 21.0. The molecule has 4 nitrogen and oxygen atoms in total. The molecule has 0 aliphatic heterocycles. The smallest absolute Gasteiger partial charge is 0.214 e. The van der Waals surface area contributed by atoms with Gasteiger partial charge in [-0.2, -0.15) is 0 Å². The maximum absolute atomic E-state index is 14.6. The summed E-state index contributed by atoms with van der Waals surface area (Å²) in [6.07, 6.45) is 3.96. The molecule has 0 aromatic heterocycles. The van der Waals surface area contributed by atoms with Crippen molar-refractivity contribution < 1.29 is 17.6 Å². The fraction of sp³-hybridized carbons (Fsp3) is 0.381. The fourth-order valence-corrected chi connectivity index (χ4v) is 5.34. The Bertz CT molecular complexity index is 985. The van der Waals surface area contributed by atoms with Crippen molar-refractivity contribution in [1.29, 1.82) is 0 Å². The molecule has 1 saturated carbocycles. The number of hydrogen-bond donors (Lipinski definition) is 1. The van der Waals surface area contributed by atoms with E-state index in [9.17, 15) is 17.6 Å². The van der Waals surface area contributed by atoms with Gasteiger partial charge in [0.1, 0.15) is 5.82 Å². The number of aryl methyl sites for hydroxylation is 1. The predicted molar refractivity (Wildman–Crippen MR) is 110 cm³/mol. The van der Waals surface area contributed by atoms with Crippen molar-refractivity contribution >= 4 is 27.4 Å². The minimum absolute atomic E-state index is 0.138. The van der Waals surface area contributed by atoms with E-state index in [4.69, 9.17) is 11.6 Å². The first-order chi connectivity index (χ1) is 13.3. The van der Waals surface area contributed by atoms with Crippen LogP contribution in [0.2, 0.25) is 5.02 Å². The highest BCUT2D eigenvalue weighted by Gasteiger charge is 2.28. The van der Waals surface area contributed by atoms with E-state index in [2.05, 4.69) is 4.72 Å². The highest BCUT2D eigenvalue weighted by atomic mass is 35.5. The minimum Gasteiger partial charge on any atom is -0.293 e. The third kappa shape index (κ3) is 4.62. The molecule has 0 bridgehead atoms. The molecule has 2 aromatic rings. The third-order valence-electron chi connectivity index (χ3n) is 5.16. The lowest BCUT2D eigenvalue weighted by Crippen LogP contribution is -2.38. The summed E-state index contributed by atoms with van der Waals surface area (Å²) < 4.78 is 41.8. The van der Waals surface area contributed by atoms with E-state index >= 15 is 0 Å². The molecule has 0 radical (unpaired) electrons. The van der Waals surface area contributed by atoms with E-state index in [1.165, 1.54) is 6.07 Å². The van der Waals surface area contributed by atoms with Gasteiger partial charge in [-0.1, -0.05) is 49.1 Å². The van der Waals surface area contributed by atoms with E-state index in [-0.39, 0.29) is 5.56 Å². The summed E-state index contributed by atoms with van der Waals surface area (Å²) in [5, 5.41) is 0.0139. The number of rotatable bonds is 6. The van der Waals surface area contributed by atoms with Crippen molar-refractivity contribution in [2.24, 2.45) is 0 Å². The first-order valence-corrected chi connectivity index (χ1v) is 11.3. The van der Waals surface area contributed by atoms with Crippen LogP contribution in [-0.4, -0.2) is 26.0 Å². The van der Waals surface area contributed by atoms with Crippen molar-refractivity contribution in [3.63, 3.8) is 0 Å². The Labute approximate surface area is 170 Å². The van der Waals surface area contributed by atoms with E-state index in [1.54, 1.807) is 37.3 Å². The lowest BCUT2D eigenvalue weighted by molar-refractivity contribution is 0.0993. The van der Waals surface area contributed by atoms with Gasteiger partial charge in [0.15, 0.2) is 5.78 Å². The highest BCUT2D eigenvalue weighted by molar-refractivity contribution is 7.90. The Morgan fingerprint density at radius 3 is 2.54 bits per heavy atom. The van der Waals surface area contributed by atoms with Gasteiger partial charge in [0, 0.05) is 10.6 Å². The second-order valence-electron chi connectivity index (χ2n) is 7.18. The Morgan fingerprint density at radius 2 is 1.86 bits per heavy atom. The van der Waals surface area contributed by atoms with Gasteiger partial charge in [0.05, 0.1) is 17.4 Å². The number of benzene rings is 2. The van der Waals surface area contributed by atoms with Crippen molar-refractivity contribution in [2.75, 3.05) is 6.54 Å². The second-order valence-corrected chi connectivity index (χ2v) is 9.64. The monoisotopic (exact) mass is 423 g/mol. The van der Waals surface area contributed by atoms with Crippen LogP contribution in [-0.2, 0) is 10.0 Å². The number of hydrogen-bond acceptors (Lipinski definition) is 3. The Kier molecular flexibility index (Phi) is 6.53. The summed E-state index contributed by atoms with van der Waals surface area (Å²) in [4.78, 5) is 12.6. The highest BCUT2D eigenvalue weighted by Crippen LogP contribution is 2.30. The maximum Gasteiger partial charge on any atom is 0.214 e. The van der Waals surface area contributed by atoms with Crippen LogP contribution in [0.4, 0.5) is 4.39 Å². The SMILES string of the molecule is Cc1cc(-c2ccccc2Cl)cc(C(=O)CNS(=O)(=O)C2CCCCC2)c1F. The summed E-state index contributed by atoms with van der Waals surface area (Å²) in [5.74, 6) is -1.24. The van der Waals surface area contributed by atoms with Gasteiger partial charge in [0.25, 0.3) is 0 Å². The van der Waals surface area contributed by atoms with Crippen LogP contribution >= 0.6 is 11.6 Å². The van der Waals surface area contributed by atoms with Gasteiger partial charge in [-0.15, -0.1) is 0 Å². The molecule has 1 aliphatic rings. The average Bonchev–Trinajstić information content (AvgIpc) is 2.69. The summed E-state index contributed by atoms with van der Waals surface area (Å²) >= 11 is 6.22. The molecule has 0 unspecified atom stereocenters. The zero-order chi connectivity index (χ0) is 20.3. The molecule has 28 heavy (non-hydrogen) atoms. The predicted octanol–water partition coefficient (Wildman–Crippen LogP) is 4.89. The van der Waals surface area contributed by atoms with Crippen LogP contribution in [0.15, 0.2) is 36.4 Å². The second kappa shape index (κ2) is 8.72. The molecule has 0 heterocycles. The number of ketones is 1. The molecule has 0 saturated heterocycles. The number of carbonyl (C=O) groups excluding carboxylic acids is 1. The summed E-state index contributed by atoms with van der Waals surface area (Å²) in [5.41, 5.74) is 1.46. The lowest BCUT2D eigenvalue weighted by atomic mass is 9.97. The molecule has 1 aliphatic carbocycles. The molecule has 1 fully saturated rings. The molecule has 2 aromatic carbocycles. The van der Waals surface area contributed by atoms with Crippen LogP contribution < -0.4 is 4.72 Å². The molecule has 0 spiro atoms. The molecule has 0 amide bonds. The molecule has 150 valence electrons. The third-order valence-corrected chi connectivity index (χ3v) is 7.39. The van der Waals surface area contributed by atoms with E-state index in [0.717, 1.165) is 19.3 Å². The molecule has 3 rings (SSSR count). The molecular formula is C21H23ClFNO3S. The zero-order valence-corrected chi connectivity index (χ0v) is 17.2. The van der Waals surface area contributed by atoms with Gasteiger partial charge < -0.3 is 0 Å². The molecule has 1 N–H and O–H groups in total. The van der Waals surface area contributed by atoms with Gasteiger partial charge in [-0.25, -0.2) is 17.5 Å². The van der Waals surface area contributed by atoms with Crippen molar-refractivity contribution in [2.45, 2.75) is 44.3 Å². The van der Waals surface area contributed by atoms with E-state index in [1.807, 2.05) is 0 Å². The van der Waals surface area contributed by atoms with Crippen LogP contribution in [0.25, 0.3) is 11.1 Å². The maximum atomic E-state index is 14.6. The number of nitrogens with one attached hydrogen (secondary N) is 1. The standard InChI is InChI=1S/C21H23ClFNO3S/c1-14-11-15(17-9-5-6-10-19(17)22)12-18(21(14)23)20(25)13-24-28(26,27)16-7-3-2-4-8-16/h5-6,9-12,16,24H,2-4,7-8,13H2,1H3. The van der Waals surface area contributed by atoms with Crippen LogP contribution in [0.1, 0.15) is 48.0 Å². The minimum atomic E-state index is -3.59.